The number of aromatic nitrogens is 2. The van der Waals surface area contributed by atoms with Crippen LogP contribution < -0.4 is 38.1 Å². The number of amides is 6. The zero-order valence-electron chi connectivity index (χ0n) is 36.0. The van der Waals surface area contributed by atoms with Gasteiger partial charge in [0.05, 0.1) is 35.6 Å². The Kier molecular flexibility index (Phi) is 14.7. The summed E-state index contributed by atoms with van der Waals surface area (Å²) in [5, 5.41) is 13.8. The van der Waals surface area contributed by atoms with Crippen molar-refractivity contribution in [2.45, 2.75) is 104 Å². The van der Waals surface area contributed by atoms with Crippen molar-refractivity contribution in [3.63, 3.8) is 0 Å². The lowest BCUT2D eigenvalue weighted by Gasteiger charge is -2.25. The van der Waals surface area contributed by atoms with Crippen LogP contribution in [0.15, 0.2) is 60.7 Å². The van der Waals surface area contributed by atoms with Gasteiger partial charge >= 0.3 is 0 Å². The van der Waals surface area contributed by atoms with E-state index in [1.807, 2.05) is 43.3 Å². The van der Waals surface area contributed by atoms with E-state index in [2.05, 4.69) is 57.3 Å². The van der Waals surface area contributed by atoms with Crippen LogP contribution in [0.3, 0.4) is 0 Å². The Morgan fingerprint density at radius 1 is 0.836 bits per heavy atom. The maximum atomic E-state index is 14.2. The van der Waals surface area contributed by atoms with Gasteiger partial charge in [-0.1, -0.05) is 88.7 Å². The van der Waals surface area contributed by atoms with Gasteiger partial charge in [0.15, 0.2) is 5.82 Å². The van der Waals surface area contributed by atoms with Crippen LogP contribution in [0.2, 0.25) is 0 Å². The first-order valence-electron chi connectivity index (χ1n) is 20.5. The van der Waals surface area contributed by atoms with E-state index in [1.165, 1.54) is 5.56 Å². The van der Waals surface area contributed by atoms with Crippen LogP contribution in [0.4, 0.5) is 5.69 Å². The highest BCUT2D eigenvalue weighted by Gasteiger charge is 2.29. The van der Waals surface area contributed by atoms with E-state index in [0.717, 1.165) is 5.56 Å². The summed E-state index contributed by atoms with van der Waals surface area (Å²) in [6, 6.07) is 15.7. The number of nitrogens with two attached hydrogens (primary N) is 2. The van der Waals surface area contributed by atoms with E-state index in [-0.39, 0.29) is 49.8 Å². The Hall–Kier alpha value is -6.48. The van der Waals surface area contributed by atoms with Crippen LogP contribution in [-0.4, -0.2) is 76.6 Å². The summed E-state index contributed by atoms with van der Waals surface area (Å²) < 4.78 is 0. The molecular weight excluding hydrogens is 775 g/mol. The van der Waals surface area contributed by atoms with E-state index in [1.54, 1.807) is 45.0 Å². The van der Waals surface area contributed by atoms with Gasteiger partial charge in [0.25, 0.3) is 5.91 Å². The number of benzene rings is 3. The van der Waals surface area contributed by atoms with Gasteiger partial charge in [-0.3, -0.25) is 28.8 Å². The molecule has 0 aliphatic carbocycles. The lowest BCUT2D eigenvalue weighted by Crippen LogP contribution is -2.53. The third kappa shape index (κ3) is 11.6. The molecule has 15 heteroatoms. The number of primary amides is 1. The molecule has 61 heavy (non-hydrogen) atoms. The quantitative estimate of drug-likeness (QED) is 0.110. The molecule has 1 unspecified atom stereocenters. The molecule has 9 N–H and O–H groups in total. The number of nitrogens with one attached hydrogen (secondary N) is 5. The predicted molar refractivity (Wildman–Crippen MR) is 234 cm³/mol. The zero-order chi connectivity index (χ0) is 44.6. The summed E-state index contributed by atoms with van der Waals surface area (Å²) in [6.45, 7) is 13.3. The minimum atomic E-state index is -1.08. The predicted octanol–water partition coefficient (Wildman–Crippen LogP) is 3.59. The van der Waals surface area contributed by atoms with Crippen LogP contribution in [0.1, 0.15) is 91.0 Å². The number of hydrogen-bond acceptors (Lipinski definition) is 9. The van der Waals surface area contributed by atoms with Crippen LogP contribution in [0.5, 0.6) is 0 Å². The molecule has 2 heterocycles. The number of rotatable bonds is 12. The van der Waals surface area contributed by atoms with Gasteiger partial charge in [-0.2, -0.15) is 0 Å². The lowest BCUT2D eigenvalue weighted by atomic mass is 9.86. The summed E-state index contributed by atoms with van der Waals surface area (Å²) in [6.07, 6.45) is 0.960. The molecule has 0 fully saturated rings. The lowest BCUT2D eigenvalue weighted by molar-refractivity contribution is -0.128. The van der Waals surface area contributed by atoms with Gasteiger partial charge in [-0.05, 0) is 79.5 Å². The molecular formula is C46H57N9O6. The number of anilines is 1. The molecule has 0 radical (unpaired) electrons. The average Bonchev–Trinajstić information content (AvgIpc) is 3.19. The van der Waals surface area contributed by atoms with Gasteiger partial charge in [0, 0.05) is 17.5 Å². The minimum absolute atomic E-state index is 0.0144. The molecule has 5 rings (SSSR count). The molecule has 0 saturated carbocycles. The monoisotopic (exact) mass is 831 g/mol. The highest BCUT2D eigenvalue weighted by Crippen LogP contribution is 2.34. The van der Waals surface area contributed by atoms with Crippen molar-refractivity contribution < 1.29 is 28.8 Å². The SMILES string of the molecule is CCC[C@H](NC(=O)c1c(C)nc(-c2ccc(C(C)(C)C)cc2)nc1C)C(=O)N[C@@H](CCN)C(=O)Nc1c(C)cc2cc1-c1cccc(c1)CC(=O)NCC(=O)NC(C(N)=O)C2. The molecule has 0 saturated heterocycles. The fourth-order valence-corrected chi connectivity index (χ4v) is 7.35. The zero-order valence-corrected chi connectivity index (χ0v) is 36.0. The number of carbonyl (C=O) groups is 6. The van der Waals surface area contributed by atoms with Crippen molar-refractivity contribution in [1.29, 1.82) is 0 Å². The van der Waals surface area contributed by atoms with Gasteiger partial charge < -0.3 is 38.1 Å². The van der Waals surface area contributed by atoms with Crippen LogP contribution in [-0.2, 0) is 42.2 Å². The molecule has 4 aromatic rings. The Morgan fingerprint density at radius 3 is 2.13 bits per heavy atom. The highest BCUT2D eigenvalue weighted by atomic mass is 16.2. The molecule has 322 valence electrons. The second-order valence-corrected chi connectivity index (χ2v) is 16.6. The number of hydrogen-bond donors (Lipinski definition) is 7. The molecule has 1 aliphatic rings. The largest absolute Gasteiger partial charge is 0.368 e. The van der Waals surface area contributed by atoms with Gasteiger partial charge in [-0.15, -0.1) is 0 Å². The summed E-state index contributed by atoms with van der Waals surface area (Å²) in [4.78, 5) is 88.9. The molecule has 0 spiro atoms. The maximum Gasteiger partial charge on any atom is 0.255 e. The third-order valence-corrected chi connectivity index (χ3v) is 10.6. The molecule has 3 atom stereocenters. The average molecular weight is 832 g/mol. The maximum absolute atomic E-state index is 14.2. The molecule has 15 nitrogen and oxygen atoms in total. The van der Waals surface area contributed by atoms with E-state index in [9.17, 15) is 28.8 Å². The molecule has 3 aromatic carbocycles. The number of nitrogens with zero attached hydrogens (tertiary/aromatic N) is 2. The van der Waals surface area contributed by atoms with Crippen molar-refractivity contribution in [3.8, 4) is 22.5 Å². The number of fused-ring (bicyclic) bond motifs is 5. The molecule has 4 bridgehead atoms. The summed E-state index contributed by atoms with van der Waals surface area (Å²) >= 11 is 0. The van der Waals surface area contributed by atoms with E-state index < -0.39 is 53.6 Å². The first kappa shape index (κ1) is 45.6. The van der Waals surface area contributed by atoms with Crippen LogP contribution in [0, 0.1) is 20.8 Å². The van der Waals surface area contributed by atoms with Crippen LogP contribution >= 0.6 is 0 Å². The fraction of sp³-hybridized carbons (Fsp3) is 0.391. The van der Waals surface area contributed by atoms with Crippen LogP contribution in [0.25, 0.3) is 22.5 Å². The molecule has 1 aliphatic heterocycles. The number of carbonyl (C=O) groups excluding carboxylic acids is 6. The minimum Gasteiger partial charge on any atom is -0.368 e. The first-order chi connectivity index (χ1) is 28.9. The standard InChI is InChI=1S/C46H57N9O6/c1-8-10-34(54-45(61)39-26(3)50-42(51-27(39)4)30-13-15-32(16-14-30)46(5,6)7)43(59)53-35(17-18-47)44(60)55-40-25(2)19-29-21-33(40)31-12-9-11-28(20-31)23-37(56)49-24-38(57)52-36(22-29)41(48)58/h9,11-16,19-21,34-36H,8,10,17-18,22-24,47H2,1-7H3,(H2,48,58)(H,49,56)(H,52,57)(H,53,59)(H,54,61)(H,55,60)/t34-,35-,36?/m0/s1. The highest BCUT2D eigenvalue weighted by molar-refractivity contribution is 6.03. The third-order valence-electron chi connectivity index (χ3n) is 10.6. The fourth-order valence-electron chi connectivity index (χ4n) is 7.35. The molecule has 1 aromatic heterocycles. The first-order valence-corrected chi connectivity index (χ1v) is 20.5. The van der Waals surface area contributed by atoms with E-state index in [4.69, 9.17) is 11.5 Å². The van der Waals surface area contributed by atoms with E-state index >= 15 is 0 Å². The second-order valence-electron chi connectivity index (χ2n) is 16.6. The van der Waals surface area contributed by atoms with Crippen molar-refractivity contribution in [2.24, 2.45) is 11.5 Å². The molecule has 6 amide bonds. The van der Waals surface area contributed by atoms with Crippen molar-refractivity contribution >= 4 is 41.1 Å². The van der Waals surface area contributed by atoms with Crippen molar-refractivity contribution in [1.82, 2.24) is 31.2 Å². The Labute approximate surface area is 356 Å². The van der Waals surface area contributed by atoms with E-state index in [0.29, 0.717) is 57.1 Å². The van der Waals surface area contributed by atoms with Crippen molar-refractivity contribution in [2.75, 3.05) is 18.4 Å². The van der Waals surface area contributed by atoms with Gasteiger partial charge in [0.1, 0.15) is 18.1 Å². The van der Waals surface area contributed by atoms with Crippen molar-refractivity contribution in [3.05, 3.63) is 99.9 Å². The second kappa shape index (κ2) is 19.7. The van der Waals surface area contributed by atoms with Gasteiger partial charge in [0.2, 0.25) is 29.5 Å². The Morgan fingerprint density at radius 2 is 1.51 bits per heavy atom. The number of aryl methyl sites for hydroxylation is 3. The smallest absolute Gasteiger partial charge is 0.255 e. The normalized spacial score (nSPS) is 15.3. The summed E-state index contributed by atoms with van der Waals surface area (Å²) in [7, 11) is 0. The van der Waals surface area contributed by atoms with Gasteiger partial charge in [-0.25, -0.2) is 9.97 Å². The Bertz CT molecular complexity index is 2300. The summed E-state index contributed by atoms with van der Waals surface area (Å²) in [5.41, 5.74) is 18.4. The summed E-state index contributed by atoms with van der Waals surface area (Å²) in [5.74, 6) is -2.85. The Balaban J connectivity index is 1.39. The topological polar surface area (TPSA) is 240 Å².